The Balaban J connectivity index is 2.04. The van der Waals surface area contributed by atoms with E-state index >= 15 is 0 Å². The maximum Gasteiger partial charge on any atom is 0.179 e. The highest BCUT2D eigenvalue weighted by atomic mass is 16.1. The number of hydrogen-bond donors (Lipinski definition) is 0. The Morgan fingerprint density at radius 2 is 1.78 bits per heavy atom. The second-order valence-electron chi connectivity index (χ2n) is 5.19. The summed E-state index contributed by atoms with van der Waals surface area (Å²) in [7, 11) is 0. The molecule has 98 valence electrons. The van der Waals surface area contributed by atoms with Gasteiger partial charge >= 0.3 is 0 Å². The van der Waals surface area contributed by atoms with Gasteiger partial charge in [-0.05, 0) is 44.8 Å². The lowest BCUT2D eigenvalue weighted by molar-refractivity contribution is 0.0809. The molecule has 0 N–H and O–H groups in total. The second-order valence-corrected chi connectivity index (χ2v) is 5.19. The summed E-state index contributed by atoms with van der Waals surface area (Å²) < 4.78 is 0. The van der Waals surface area contributed by atoms with E-state index in [2.05, 4.69) is 24.0 Å². The minimum Gasteiger partial charge on any atom is -0.294 e. The van der Waals surface area contributed by atoms with E-state index in [0.717, 1.165) is 25.1 Å². The van der Waals surface area contributed by atoms with Crippen molar-refractivity contribution in [2.24, 2.45) is 0 Å². The average Bonchev–Trinajstić information content (AvgIpc) is 2.47. The molecule has 0 saturated carbocycles. The van der Waals surface area contributed by atoms with Crippen LogP contribution in [0.25, 0.3) is 0 Å². The lowest BCUT2D eigenvalue weighted by Gasteiger charge is -2.31. The Morgan fingerprint density at radius 3 is 2.33 bits per heavy atom. The van der Waals surface area contributed by atoms with E-state index in [1.807, 2.05) is 19.1 Å². The molecular formula is C16H23NO. The van der Waals surface area contributed by atoms with Gasteiger partial charge in [0.05, 0.1) is 6.04 Å². The normalized spacial score (nSPS) is 18.6. The average molecular weight is 245 g/mol. The first-order chi connectivity index (χ1) is 8.72. The third-order valence-electron chi connectivity index (χ3n) is 3.96. The lowest BCUT2D eigenvalue weighted by Crippen LogP contribution is -2.42. The minimum atomic E-state index is 0.0257. The summed E-state index contributed by atoms with van der Waals surface area (Å²) in [4.78, 5) is 14.7. The SMILES string of the molecule is CCc1ccc(C(=O)C(C)N2CCCCC2)cc1. The molecule has 0 bridgehead atoms. The van der Waals surface area contributed by atoms with Gasteiger partial charge in [-0.2, -0.15) is 0 Å². The van der Waals surface area contributed by atoms with E-state index < -0.39 is 0 Å². The molecule has 0 aromatic heterocycles. The predicted molar refractivity (Wildman–Crippen MR) is 75.0 cm³/mol. The van der Waals surface area contributed by atoms with Crippen molar-refractivity contribution in [3.05, 3.63) is 35.4 Å². The zero-order chi connectivity index (χ0) is 13.0. The largest absolute Gasteiger partial charge is 0.294 e. The monoisotopic (exact) mass is 245 g/mol. The Labute approximate surface area is 110 Å². The number of carbonyl (C=O) groups excluding carboxylic acids is 1. The number of Topliss-reactive ketones (excluding diaryl/α,β-unsaturated/α-hetero) is 1. The first kappa shape index (κ1) is 13.3. The second kappa shape index (κ2) is 6.14. The topological polar surface area (TPSA) is 20.3 Å². The van der Waals surface area contributed by atoms with Gasteiger partial charge in [0.1, 0.15) is 0 Å². The highest BCUT2D eigenvalue weighted by Gasteiger charge is 2.23. The molecule has 0 radical (unpaired) electrons. The first-order valence-electron chi connectivity index (χ1n) is 7.09. The van der Waals surface area contributed by atoms with Crippen molar-refractivity contribution in [3.8, 4) is 0 Å². The molecule has 1 aromatic carbocycles. The van der Waals surface area contributed by atoms with E-state index in [-0.39, 0.29) is 11.8 Å². The zero-order valence-corrected chi connectivity index (χ0v) is 11.5. The minimum absolute atomic E-state index is 0.0257. The number of benzene rings is 1. The lowest BCUT2D eigenvalue weighted by atomic mass is 10.00. The van der Waals surface area contributed by atoms with E-state index in [9.17, 15) is 4.79 Å². The van der Waals surface area contributed by atoms with Crippen LogP contribution in [0.1, 0.15) is 49.0 Å². The van der Waals surface area contributed by atoms with Gasteiger partial charge < -0.3 is 0 Å². The van der Waals surface area contributed by atoms with Gasteiger partial charge in [-0.25, -0.2) is 0 Å². The number of nitrogens with zero attached hydrogens (tertiary/aromatic N) is 1. The third kappa shape index (κ3) is 2.99. The fraction of sp³-hybridized carbons (Fsp3) is 0.562. The maximum atomic E-state index is 12.4. The number of ketones is 1. The summed E-state index contributed by atoms with van der Waals surface area (Å²) in [6.07, 6.45) is 4.79. The van der Waals surface area contributed by atoms with Crippen LogP contribution >= 0.6 is 0 Å². The highest BCUT2D eigenvalue weighted by molar-refractivity contribution is 5.99. The summed E-state index contributed by atoms with van der Waals surface area (Å²) in [6, 6.07) is 8.10. The molecule has 1 heterocycles. The van der Waals surface area contributed by atoms with Crippen molar-refractivity contribution in [1.29, 1.82) is 0 Å². The van der Waals surface area contributed by atoms with Crippen LogP contribution in [0.3, 0.4) is 0 Å². The van der Waals surface area contributed by atoms with Gasteiger partial charge in [0.15, 0.2) is 5.78 Å². The van der Waals surface area contributed by atoms with Crippen molar-refractivity contribution in [1.82, 2.24) is 4.90 Å². The van der Waals surface area contributed by atoms with Crippen molar-refractivity contribution in [3.63, 3.8) is 0 Å². The molecule has 1 fully saturated rings. The fourth-order valence-electron chi connectivity index (χ4n) is 2.62. The molecule has 0 spiro atoms. The van der Waals surface area contributed by atoms with E-state index in [1.54, 1.807) is 0 Å². The Morgan fingerprint density at radius 1 is 1.17 bits per heavy atom. The number of likely N-dealkylation sites (tertiary alicyclic amines) is 1. The molecule has 1 aliphatic heterocycles. The van der Waals surface area contributed by atoms with Crippen LogP contribution in [-0.4, -0.2) is 29.8 Å². The maximum absolute atomic E-state index is 12.4. The van der Waals surface area contributed by atoms with Crippen LogP contribution in [0.4, 0.5) is 0 Å². The summed E-state index contributed by atoms with van der Waals surface area (Å²) in [5.74, 6) is 0.263. The smallest absolute Gasteiger partial charge is 0.179 e. The molecule has 1 aliphatic rings. The molecule has 0 aliphatic carbocycles. The molecule has 1 atom stereocenters. The Hall–Kier alpha value is -1.15. The van der Waals surface area contributed by atoms with Gasteiger partial charge in [0.2, 0.25) is 0 Å². The molecule has 1 saturated heterocycles. The van der Waals surface area contributed by atoms with E-state index in [1.165, 1.54) is 24.8 Å². The number of carbonyl (C=O) groups is 1. The molecular weight excluding hydrogens is 222 g/mol. The molecule has 1 unspecified atom stereocenters. The van der Waals surface area contributed by atoms with Gasteiger partial charge in [0.25, 0.3) is 0 Å². The van der Waals surface area contributed by atoms with Crippen molar-refractivity contribution in [2.75, 3.05) is 13.1 Å². The van der Waals surface area contributed by atoms with Crippen LogP contribution < -0.4 is 0 Å². The summed E-state index contributed by atoms with van der Waals surface area (Å²) >= 11 is 0. The van der Waals surface area contributed by atoms with Crippen LogP contribution in [0.2, 0.25) is 0 Å². The van der Waals surface area contributed by atoms with Crippen LogP contribution in [0, 0.1) is 0 Å². The third-order valence-corrected chi connectivity index (χ3v) is 3.96. The molecule has 1 aromatic rings. The Bertz CT molecular complexity index is 390. The summed E-state index contributed by atoms with van der Waals surface area (Å²) in [5, 5.41) is 0. The first-order valence-corrected chi connectivity index (χ1v) is 7.09. The molecule has 2 rings (SSSR count). The van der Waals surface area contributed by atoms with Gasteiger partial charge in [-0.3, -0.25) is 9.69 Å². The highest BCUT2D eigenvalue weighted by Crippen LogP contribution is 2.16. The molecule has 2 nitrogen and oxygen atoms in total. The summed E-state index contributed by atoms with van der Waals surface area (Å²) in [6.45, 7) is 6.31. The number of rotatable bonds is 4. The van der Waals surface area contributed by atoms with Crippen molar-refractivity contribution < 1.29 is 4.79 Å². The molecule has 0 amide bonds. The van der Waals surface area contributed by atoms with Crippen LogP contribution in [-0.2, 0) is 6.42 Å². The molecule has 2 heteroatoms. The zero-order valence-electron chi connectivity index (χ0n) is 11.5. The quantitative estimate of drug-likeness (QED) is 0.759. The number of aryl methyl sites for hydroxylation is 1. The standard InChI is InChI=1S/C16H23NO/c1-3-14-7-9-15(10-8-14)16(18)13(2)17-11-5-4-6-12-17/h7-10,13H,3-6,11-12H2,1-2H3. The van der Waals surface area contributed by atoms with E-state index in [0.29, 0.717) is 0 Å². The van der Waals surface area contributed by atoms with Gasteiger partial charge in [0, 0.05) is 5.56 Å². The predicted octanol–water partition coefficient (Wildman–Crippen LogP) is 3.31. The van der Waals surface area contributed by atoms with E-state index in [4.69, 9.17) is 0 Å². The molecule has 18 heavy (non-hydrogen) atoms. The van der Waals surface area contributed by atoms with Crippen LogP contribution in [0.15, 0.2) is 24.3 Å². The fourth-order valence-corrected chi connectivity index (χ4v) is 2.62. The van der Waals surface area contributed by atoms with Crippen molar-refractivity contribution >= 4 is 5.78 Å². The Kier molecular flexibility index (Phi) is 4.54. The van der Waals surface area contributed by atoms with Gasteiger partial charge in [-0.1, -0.05) is 37.6 Å². The summed E-state index contributed by atoms with van der Waals surface area (Å²) in [5.41, 5.74) is 2.14. The van der Waals surface area contributed by atoms with Crippen molar-refractivity contribution in [2.45, 2.75) is 45.6 Å². The van der Waals surface area contributed by atoms with Crippen LogP contribution in [0.5, 0.6) is 0 Å². The number of hydrogen-bond acceptors (Lipinski definition) is 2. The van der Waals surface area contributed by atoms with Gasteiger partial charge in [-0.15, -0.1) is 0 Å². The number of piperidine rings is 1.